The second-order valence-electron chi connectivity index (χ2n) is 4.30. The van der Waals surface area contributed by atoms with Crippen molar-refractivity contribution in [3.05, 3.63) is 39.2 Å². The molecule has 2 aromatic rings. The summed E-state index contributed by atoms with van der Waals surface area (Å²) in [5.74, 6) is 0.577. The van der Waals surface area contributed by atoms with Crippen LogP contribution in [0, 0.1) is 10.1 Å². The fourth-order valence-electron chi connectivity index (χ4n) is 1.70. The summed E-state index contributed by atoms with van der Waals surface area (Å²) in [6.45, 7) is 1.97. The first kappa shape index (κ1) is 14.4. The monoisotopic (exact) mass is 296 g/mol. The highest BCUT2D eigenvalue weighted by molar-refractivity contribution is 6.33. The molecule has 1 aromatic carbocycles. The smallest absolute Gasteiger partial charge is 0.300 e. The average Bonchev–Trinajstić information content (AvgIpc) is 2.86. The molecule has 1 unspecified atom stereocenters. The van der Waals surface area contributed by atoms with Gasteiger partial charge < -0.3 is 9.84 Å². The van der Waals surface area contributed by atoms with Crippen LogP contribution in [0.1, 0.15) is 12.7 Å². The number of halogens is 1. The normalized spacial score (nSPS) is 12.3. The molecule has 1 atom stereocenters. The third-order valence-electron chi connectivity index (χ3n) is 2.85. The number of likely N-dealkylation sites (N-methyl/N-ethyl adjacent to an activating group) is 1. The molecule has 106 valence electrons. The highest BCUT2D eigenvalue weighted by atomic mass is 35.5. The van der Waals surface area contributed by atoms with Crippen molar-refractivity contribution in [1.82, 2.24) is 15.5 Å². The van der Waals surface area contributed by atoms with Gasteiger partial charge in [0.25, 0.3) is 5.89 Å². The number of para-hydroxylation sites is 1. The van der Waals surface area contributed by atoms with E-state index in [0.29, 0.717) is 12.2 Å². The third kappa shape index (κ3) is 2.94. The Balaban J connectivity index is 2.38. The highest BCUT2D eigenvalue weighted by Gasteiger charge is 2.24. The van der Waals surface area contributed by atoms with E-state index < -0.39 is 4.92 Å². The number of rotatable bonds is 5. The lowest BCUT2D eigenvalue weighted by molar-refractivity contribution is -0.384. The van der Waals surface area contributed by atoms with Gasteiger partial charge in [0.1, 0.15) is 10.6 Å². The van der Waals surface area contributed by atoms with Gasteiger partial charge in [0.2, 0.25) is 0 Å². The standard InChI is InChI=1S/C12H13ClN4O3/c1-7(14-2)6-10-15-12(20-16-10)8-4-3-5-9(13)11(8)17(18)19/h3-5,7,14H,6H2,1-2H3. The summed E-state index contributed by atoms with van der Waals surface area (Å²) in [7, 11) is 1.83. The maximum Gasteiger partial charge on any atom is 0.300 e. The molecule has 0 saturated heterocycles. The largest absolute Gasteiger partial charge is 0.334 e. The molecule has 0 amide bonds. The Labute approximate surface area is 120 Å². The van der Waals surface area contributed by atoms with E-state index in [4.69, 9.17) is 16.1 Å². The van der Waals surface area contributed by atoms with Gasteiger partial charge in [-0.3, -0.25) is 10.1 Å². The Morgan fingerprint density at radius 2 is 2.30 bits per heavy atom. The molecule has 0 aliphatic rings. The van der Waals surface area contributed by atoms with Gasteiger partial charge in [-0.1, -0.05) is 22.8 Å². The first-order chi connectivity index (χ1) is 9.52. The van der Waals surface area contributed by atoms with Crippen molar-refractivity contribution in [3.63, 3.8) is 0 Å². The molecule has 0 aliphatic heterocycles. The number of hydrogen-bond acceptors (Lipinski definition) is 6. The Bertz CT molecular complexity index is 629. The summed E-state index contributed by atoms with van der Waals surface area (Å²) < 4.78 is 5.09. The van der Waals surface area contributed by atoms with Gasteiger partial charge in [0.15, 0.2) is 5.82 Å². The van der Waals surface area contributed by atoms with Crippen LogP contribution in [-0.4, -0.2) is 28.2 Å². The van der Waals surface area contributed by atoms with E-state index in [9.17, 15) is 10.1 Å². The van der Waals surface area contributed by atoms with Crippen molar-refractivity contribution in [1.29, 1.82) is 0 Å². The molecule has 1 aromatic heterocycles. The van der Waals surface area contributed by atoms with E-state index in [0.717, 1.165) is 0 Å². The van der Waals surface area contributed by atoms with Gasteiger partial charge in [0.05, 0.1) is 4.92 Å². The highest BCUT2D eigenvalue weighted by Crippen LogP contribution is 2.34. The minimum Gasteiger partial charge on any atom is -0.334 e. The lowest BCUT2D eigenvalue weighted by atomic mass is 10.2. The van der Waals surface area contributed by atoms with Gasteiger partial charge >= 0.3 is 5.69 Å². The zero-order chi connectivity index (χ0) is 14.7. The van der Waals surface area contributed by atoms with Crippen LogP contribution < -0.4 is 5.32 Å². The summed E-state index contributed by atoms with van der Waals surface area (Å²) >= 11 is 5.85. The molecule has 0 bridgehead atoms. The van der Waals surface area contributed by atoms with Crippen molar-refractivity contribution < 1.29 is 9.45 Å². The molecule has 20 heavy (non-hydrogen) atoms. The SMILES string of the molecule is CNC(C)Cc1noc(-c2cccc(Cl)c2[N+](=O)[O-])n1. The van der Waals surface area contributed by atoms with E-state index >= 15 is 0 Å². The summed E-state index contributed by atoms with van der Waals surface area (Å²) in [6, 6.07) is 4.76. The molecular weight excluding hydrogens is 284 g/mol. The van der Waals surface area contributed by atoms with Gasteiger partial charge in [-0.05, 0) is 26.1 Å². The summed E-state index contributed by atoms with van der Waals surface area (Å²) in [5, 5.41) is 18.0. The zero-order valence-corrected chi connectivity index (χ0v) is 11.7. The topological polar surface area (TPSA) is 94.1 Å². The van der Waals surface area contributed by atoms with Crippen molar-refractivity contribution in [2.24, 2.45) is 0 Å². The van der Waals surface area contributed by atoms with E-state index in [1.54, 1.807) is 6.07 Å². The van der Waals surface area contributed by atoms with Crippen LogP contribution in [-0.2, 0) is 6.42 Å². The number of nitro benzene ring substituents is 1. The maximum atomic E-state index is 11.1. The molecular formula is C12H13ClN4O3. The molecule has 0 radical (unpaired) electrons. The van der Waals surface area contributed by atoms with E-state index in [2.05, 4.69) is 15.5 Å². The molecule has 0 spiro atoms. The van der Waals surface area contributed by atoms with Crippen LogP contribution in [0.15, 0.2) is 22.7 Å². The van der Waals surface area contributed by atoms with E-state index in [1.807, 2.05) is 14.0 Å². The Hall–Kier alpha value is -1.99. The molecule has 7 nitrogen and oxygen atoms in total. The van der Waals surface area contributed by atoms with Crippen molar-refractivity contribution in [3.8, 4) is 11.5 Å². The number of hydrogen-bond donors (Lipinski definition) is 1. The van der Waals surface area contributed by atoms with Crippen LogP contribution in [0.3, 0.4) is 0 Å². The maximum absolute atomic E-state index is 11.1. The van der Waals surface area contributed by atoms with E-state index in [1.165, 1.54) is 12.1 Å². The summed E-state index contributed by atoms with van der Waals surface area (Å²) in [5.41, 5.74) is -0.00982. The van der Waals surface area contributed by atoms with Crippen LogP contribution in [0.2, 0.25) is 5.02 Å². The lowest BCUT2D eigenvalue weighted by Gasteiger charge is -2.04. The van der Waals surface area contributed by atoms with Crippen LogP contribution in [0.5, 0.6) is 0 Å². The predicted molar refractivity (Wildman–Crippen MR) is 73.6 cm³/mol. The number of nitrogens with one attached hydrogen (secondary N) is 1. The molecule has 1 N–H and O–H groups in total. The number of nitrogens with zero attached hydrogens (tertiary/aromatic N) is 3. The molecule has 0 saturated carbocycles. The minimum absolute atomic E-state index is 0.0378. The van der Waals surface area contributed by atoms with Crippen molar-refractivity contribution in [2.75, 3.05) is 7.05 Å². The lowest BCUT2D eigenvalue weighted by Crippen LogP contribution is -2.24. The van der Waals surface area contributed by atoms with Gasteiger partial charge in [-0.2, -0.15) is 4.98 Å². The molecule has 0 fully saturated rings. The second kappa shape index (κ2) is 5.98. The summed E-state index contributed by atoms with van der Waals surface area (Å²) in [6.07, 6.45) is 0.564. The third-order valence-corrected chi connectivity index (χ3v) is 3.15. The quantitative estimate of drug-likeness (QED) is 0.673. The summed E-state index contributed by atoms with van der Waals surface area (Å²) in [4.78, 5) is 14.7. The minimum atomic E-state index is -0.558. The Morgan fingerprint density at radius 1 is 1.55 bits per heavy atom. The Kier molecular flexibility index (Phi) is 4.31. The molecule has 0 aliphatic carbocycles. The number of benzene rings is 1. The zero-order valence-electron chi connectivity index (χ0n) is 11.0. The second-order valence-corrected chi connectivity index (χ2v) is 4.71. The van der Waals surface area contributed by atoms with Crippen LogP contribution in [0.25, 0.3) is 11.5 Å². The molecule has 1 heterocycles. The fraction of sp³-hybridized carbons (Fsp3) is 0.333. The van der Waals surface area contributed by atoms with Crippen molar-refractivity contribution >= 4 is 17.3 Å². The van der Waals surface area contributed by atoms with E-state index in [-0.39, 0.29) is 28.2 Å². The molecule has 8 heteroatoms. The van der Waals surface area contributed by atoms with Gasteiger partial charge in [0, 0.05) is 12.5 Å². The first-order valence-corrected chi connectivity index (χ1v) is 6.34. The molecule has 2 rings (SSSR count). The number of nitro groups is 1. The first-order valence-electron chi connectivity index (χ1n) is 5.96. The fourth-order valence-corrected chi connectivity index (χ4v) is 1.94. The Morgan fingerprint density at radius 3 is 2.95 bits per heavy atom. The van der Waals surface area contributed by atoms with Crippen molar-refractivity contribution in [2.45, 2.75) is 19.4 Å². The van der Waals surface area contributed by atoms with Crippen LogP contribution >= 0.6 is 11.6 Å². The van der Waals surface area contributed by atoms with Gasteiger partial charge in [-0.15, -0.1) is 0 Å². The van der Waals surface area contributed by atoms with Crippen LogP contribution in [0.4, 0.5) is 5.69 Å². The van der Waals surface area contributed by atoms with Gasteiger partial charge in [-0.25, -0.2) is 0 Å². The number of aromatic nitrogens is 2. The average molecular weight is 297 g/mol. The predicted octanol–water partition coefficient (Wildman–Crippen LogP) is 2.45.